The topological polar surface area (TPSA) is 50.3 Å². The Morgan fingerprint density at radius 2 is 2.23 bits per heavy atom. The largest absolute Gasteiger partial charge is 0.342 e. The van der Waals surface area contributed by atoms with Gasteiger partial charge in [-0.15, -0.1) is 11.3 Å². The maximum atomic E-state index is 12.1. The number of aromatic nitrogens is 1. The monoisotopic (exact) mass is 322 g/mol. The number of thiazole rings is 1. The number of hydrogen-bond acceptors (Lipinski definition) is 4. The fraction of sp³-hybridized carbons (Fsp3) is 0.706. The molecule has 1 amide bonds. The molecule has 5 heteroatoms. The molecular formula is C17H26N2O2S. The van der Waals surface area contributed by atoms with E-state index in [9.17, 15) is 9.59 Å². The van der Waals surface area contributed by atoms with Crippen LogP contribution >= 0.6 is 11.3 Å². The summed E-state index contributed by atoms with van der Waals surface area (Å²) >= 11 is 1.71. The van der Waals surface area contributed by atoms with Gasteiger partial charge in [-0.25, -0.2) is 4.98 Å². The summed E-state index contributed by atoms with van der Waals surface area (Å²) in [7, 11) is 0. The molecule has 1 aliphatic heterocycles. The number of amides is 1. The summed E-state index contributed by atoms with van der Waals surface area (Å²) in [5, 5.41) is 3.27. The molecule has 1 atom stereocenters. The molecule has 1 saturated heterocycles. The first-order valence-corrected chi connectivity index (χ1v) is 9.19. The highest BCUT2D eigenvalue weighted by atomic mass is 32.1. The Balaban J connectivity index is 1.89. The van der Waals surface area contributed by atoms with E-state index in [-0.39, 0.29) is 11.7 Å². The number of carbonyl (C=O) groups excluding carboxylic acids is 2. The van der Waals surface area contributed by atoms with Crippen molar-refractivity contribution in [1.82, 2.24) is 9.88 Å². The van der Waals surface area contributed by atoms with Gasteiger partial charge in [-0.2, -0.15) is 0 Å². The van der Waals surface area contributed by atoms with Crippen molar-refractivity contribution in [3.63, 3.8) is 0 Å². The van der Waals surface area contributed by atoms with Gasteiger partial charge in [0.05, 0.1) is 10.7 Å². The number of hydrogen-bond donors (Lipinski definition) is 0. The maximum Gasteiger partial charge on any atom is 0.222 e. The molecule has 1 aromatic heterocycles. The molecule has 22 heavy (non-hydrogen) atoms. The Morgan fingerprint density at radius 3 is 2.95 bits per heavy atom. The fourth-order valence-corrected chi connectivity index (χ4v) is 3.90. The number of piperidine rings is 1. The number of nitrogens with zero attached hydrogens (tertiary/aromatic N) is 2. The van der Waals surface area contributed by atoms with Crippen LogP contribution in [0.5, 0.6) is 0 Å². The highest BCUT2D eigenvalue weighted by Gasteiger charge is 2.26. The number of ketones is 1. The van der Waals surface area contributed by atoms with Crippen molar-refractivity contribution < 1.29 is 9.59 Å². The predicted molar refractivity (Wildman–Crippen MR) is 89.2 cm³/mol. The van der Waals surface area contributed by atoms with E-state index in [1.54, 1.807) is 18.3 Å². The molecule has 0 radical (unpaired) electrons. The van der Waals surface area contributed by atoms with Crippen LogP contribution in [0.25, 0.3) is 0 Å². The molecule has 122 valence electrons. The fourth-order valence-electron chi connectivity index (χ4n) is 2.92. The smallest absolute Gasteiger partial charge is 0.222 e. The molecule has 1 aliphatic rings. The van der Waals surface area contributed by atoms with Gasteiger partial charge in [0.1, 0.15) is 5.78 Å². The minimum absolute atomic E-state index is 0.243. The Hall–Kier alpha value is -1.23. The molecule has 1 fully saturated rings. The van der Waals surface area contributed by atoms with Crippen LogP contribution in [0.3, 0.4) is 0 Å². The van der Waals surface area contributed by atoms with Gasteiger partial charge in [0.2, 0.25) is 5.91 Å². The maximum absolute atomic E-state index is 12.1. The molecular weight excluding hydrogens is 296 g/mol. The lowest BCUT2D eigenvalue weighted by atomic mass is 9.98. The van der Waals surface area contributed by atoms with Crippen LogP contribution in [0.4, 0.5) is 0 Å². The zero-order valence-electron chi connectivity index (χ0n) is 13.6. The van der Waals surface area contributed by atoms with Gasteiger partial charge in [-0.3, -0.25) is 4.79 Å². The van der Waals surface area contributed by atoms with E-state index in [1.807, 2.05) is 11.8 Å². The molecule has 0 spiro atoms. The van der Waals surface area contributed by atoms with Gasteiger partial charge in [-0.1, -0.05) is 6.92 Å². The third-order valence-corrected chi connectivity index (χ3v) is 5.17. The first-order chi connectivity index (χ1) is 10.6. The highest BCUT2D eigenvalue weighted by Crippen LogP contribution is 2.30. The summed E-state index contributed by atoms with van der Waals surface area (Å²) in [5.74, 6) is 0.916. The quantitative estimate of drug-likeness (QED) is 0.771. The molecule has 0 bridgehead atoms. The minimum Gasteiger partial charge on any atom is -0.342 e. The Labute approximate surface area is 136 Å². The second-order valence-corrected chi connectivity index (χ2v) is 7.05. The lowest BCUT2D eigenvalue weighted by Gasteiger charge is -2.31. The number of Topliss-reactive ketones (excluding diaryl/α,β-unsaturated/α-hetero) is 1. The van der Waals surface area contributed by atoms with E-state index in [4.69, 9.17) is 4.98 Å². The Bertz CT molecular complexity index is 513. The van der Waals surface area contributed by atoms with Crippen molar-refractivity contribution in [2.75, 3.05) is 13.1 Å². The van der Waals surface area contributed by atoms with Crippen molar-refractivity contribution in [3.05, 3.63) is 16.1 Å². The molecule has 2 rings (SSSR count). The van der Waals surface area contributed by atoms with Gasteiger partial charge in [0.25, 0.3) is 0 Å². The van der Waals surface area contributed by atoms with Gasteiger partial charge in [0.15, 0.2) is 0 Å². The zero-order chi connectivity index (χ0) is 15.9. The number of carbonyl (C=O) groups is 2. The van der Waals surface area contributed by atoms with Crippen LogP contribution in [0, 0.1) is 0 Å². The third-order valence-electron chi connectivity index (χ3n) is 4.12. The molecule has 0 saturated carbocycles. The lowest BCUT2D eigenvalue weighted by molar-refractivity contribution is -0.132. The van der Waals surface area contributed by atoms with Crippen molar-refractivity contribution in [1.29, 1.82) is 0 Å². The summed E-state index contributed by atoms with van der Waals surface area (Å²) < 4.78 is 0. The van der Waals surface area contributed by atoms with Crippen molar-refractivity contribution in [2.24, 2.45) is 0 Å². The standard InChI is InChI=1S/C17H26N2O2S/c1-3-6-16(21)19-10-5-8-14(11-19)17-18-15(12-22-17)9-4-7-13(2)20/h12,14H,3-11H2,1-2H3. The van der Waals surface area contributed by atoms with Crippen molar-refractivity contribution in [2.45, 2.75) is 64.7 Å². The van der Waals surface area contributed by atoms with E-state index in [0.717, 1.165) is 55.9 Å². The summed E-state index contributed by atoms with van der Waals surface area (Å²) in [6.45, 7) is 5.40. The number of likely N-dealkylation sites (tertiary alicyclic amines) is 1. The first-order valence-electron chi connectivity index (χ1n) is 8.31. The normalized spacial score (nSPS) is 18.5. The highest BCUT2D eigenvalue weighted by molar-refractivity contribution is 7.09. The molecule has 4 nitrogen and oxygen atoms in total. The third kappa shape index (κ3) is 4.90. The average Bonchev–Trinajstić information content (AvgIpc) is 2.96. The summed E-state index contributed by atoms with van der Waals surface area (Å²) in [5.41, 5.74) is 1.10. The van der Waals surface area contributed by atoms with Crippen LogP contribution in [0.1, 0.15) is 69.0 Å². The van der Waals surface area contributed by atoms with Gasteiger partial charge < -0.3 is 9.69 Å². The second kappa shape index (κ2) is 8.42. The van der Waals surface area contributed by atoms with Gasteiger partial charge in [0, 0.05) is 37.2 Å². The van der Waals surface area contributed by atoms with E-state index in [0.29, 0.717) is 18.8 Å². The van der Waals surface area contributed by atoms with Crippen LogP contribution in [-0.4, -0.2) is 34.7 Å². The Kier molecular flexibility index (Phi) is 6.55. The molecule has 0 N–H and O–H groups in total. The molecule has 0 aromatic carbocycles. The summed E-state index contributed by atoms with van der Waals surface area (Å²) in [4.78, 5) is 29.8. The molecule has 2 heterocycles. The van der Waals surface area contributed by atoms with E-state index in [2.05, 4.69) is 5.38 Å². The first kappa shape index (κ1) is 17.1. The average molecular weight is 322 g/mol. The van der Waals surface area contributed by atoms with Gasteiger partial charge in [-0.05, 0) is 39.0 Å². The SMILES string of the molecule is CCCC(=O)N1CCCC(c2nc(CCCC(C)=O)cs2)C1. The number of aryl methyl sites for hydroxylation is 1. The van der Waals surface area contributed by atoms with E-state index in [1.165, 1.54) is 0 Å². The van der Waals surface area contributed by atoms with Crippen LogP contribution in [0.15, 0.2) is 5.38 Å². The van der Waals surface area contributed by atoms with Crippen molar-refractivity contribution in [3.8, 4) is 0 Å². The lowest BCUT2D eigenvalue weighted by Crippen LogP contribution is -2.38. The minimum atomic E-state index is 0.243. The summed E-state index contributed by atoms with van der Waals surface area (Å²) in [6.07, 6.45) is 6.15. The molecule has 1 aromatic rings. The Morgan fingerprint density at radius 1 is 1.41 bits per heavy atom. The van der Waals surface area contributed by atoms with Gasteiger partial charge >= 0.3 is 0 Å². The molecule has 0 aliphatic carbocycles. The second-order valence-electron chi connectivity index (χ2n) is 6.16. The molecule has 1 unspecified atom stereocenters. The van der Waals surface area contributed by atoms with E-state index >= 15 is 0 Å². The van der Waals surface area contributed by atoms with Crippen LogP contribution in [0.2, 0.25) is 0 Å². The van der Waals surface area contributed by atoms with Crippen LogP contribution in [-0.2, 0) is 16.0 Å². The number of rotatable bonds is 7. The zero-order valence-corrected chi connectivity index (χ0v) is 14.5. The van der Waals surface area contributed by atoms with Crippen LogP contribution < -0.4 is 0 Å². The van der Waals surface area contributed by atoms with E-state index < -0.39 is 0 Å². The summed E-state index contributed by atoms with van der Waals surface area (Å²) in [6, 6.07) is 0. The predicted octanol–water partition coefficient (Wildman–Crippen LogP) is 3.56. The van der Waals surface area contributed by atoms with Crippen molar-refractivity contribution >= 4 is 23.0 Å².